The van der Waals surface area contributed by atoms with Crippen LogP contribution >= 0.6 is 0 Å². The minimum Gasteiger partial charge on any atom is -0.433 e. The summed E-state index contributed by atoms with van der Waals surface area (Å²) in [5.41, 5.74) is 2.53. The van der Waals surface area contributed by atoms with Crippen LogP contribution in [-0.4, -0.2) is 18.0 Å². The lowest BCUT2D eigenvalue weighted by molar-refractivity contribution is 0.0666. The highest BCUT2D eigenvalue weighted by molar-refractivity contribution is 6.01. The molecule has 144 valence electrons. The number of anilines is 1. The van der Waals surface area contributed by atoms with Gasteiger partial charge in [-0.25, -0.2) is 9.59 Å². The first-order valence-corrected chi connectivity index (χ1v) is 8.89. The lowest BCUT2D eigenvalue weighted by atomic mass is 10.00. The Morgan fingerprint density at radius 3 is 2.28 bits per heavy atom. The van der Waals surface area contributed by atoms with E-state index in [-0.39, 0.29) is 5.78 Å². The third-order valence-electron chi connectivity index (χ3n) is 4.25. The Bertz CT molecular complexity index is 1060. The van der Waals surface area contributed by atoms with Crippen LogP contribution in [0.1, 0.15) is 27.6 Å². The summed E-state index contributed by atoms with van der Waals surface area (Å²) in [6.45, 7) is 1.78. The van der Waals surface area contributed by atoms with Gasteiger partial charge in [0.15, 0.2) is 6.10 Å². The SMILES string of the molecule is Cc1ccc(NC(=O)OC(C(=O)c2ccccc2)c2ccccc2)cc1N=C=O. The van der Waals surface area contributed by atoms with Crippen molar-refractivity contribution in [3.8, 4) is 0 Å². The van der Waals surface area contributed by atoms with Crippen molar-refractivity contribution in [2.75, 3.05) is 5.32 Å². The number of carbonyl (C=O) groups excluding carboxylic acids is 3. The number of nitrogens with zero attached hydrogens (tertiary/aromatic N) is 1. The molecule has 0 spiro atoms. The maximum absolute atomic E-state index is 13.0. The minimum absolute atomic E-state index is 0.331. The van der Waals surface area contributed by atoms with E-state index in [1.54, 1.807) is 73.7 Å². The van der Waals surface area contributed by atoms with Crippen LogP contribution in [0.5, 0.6) is 0 Å². The monoisotopic (exact) mass is 386 g/mol. The van der Waals surface area contributed by atoms with Crippen LogP contribution < -0.4 is 5.32 Å². The molecule has 1 unspecified atom stereocenters. The lowest BCUT2D eigenvalue weighted by Gasteiger charge is -2.18. The fraction of sp³-hybridized carbons (Fsp3) is 0.0870. The number of isocyanates is 1. The second-order valence-corrected chi connectivity index (χ2v) is 6.26. The molecule has 1 N–H and O–H groups in total. The van der Waals surface area contributed by atoms with E-state index >= 15 is 0 Å². The van der Waals surface area contributed by atoms with Gasteiger partial charge in [-0.15, -0.1) is 0 Å². The molecular formula is C23H18N2O4. The van der Waals surface area contributed by atoms with Gasteiger partial charge in [0.05, 0.1) is 5.69 Å². The van der Waals surface area contributed by atoms with Crippen LogP contribution in [0.25, 0.3) is 0 Å². The van der Waals surface area contributed by atoms with Gasteiger partial charge in [-0.05, 0) is 24.6 Å². The fourth-order valence-corrected chi connectivity index (χ4v) is 2.77. The first-order chi connectivity index (χ1) is 14.1. The molecule has 29 heavy (non-hydrogen) atoms. The summed E-state index contributed by atoms with van der Waals surface area (Å²) in [5, 5.41) is 2.57. The number of nitrogens with one attached hydrogen (secondary N) is 1. The summed E-state index contributed by atoms with van der Waals surface area (Å²) in [4.78, 5) is 39.6. The van der Waals surface area contributed by atoms with E-state index in [4.69, 9.17) is 4.74 Å². The maximum Gasteiger partial charge on any atom is 0.412 e. The number of Topliss-reactive ketones (excluding diaryl/α,β-unsaturated/α-hetero) is 1. The predicted octanol–water partition coefficient (Wildman–Crippen LogP) is 5.14. The molecule has 0 saturated heterocycles. The topological polar surface area (TPSA) is 84.8 Å². The standard InChI is InChI=1S/C23H18N2O4/c1-16-12-13-19(14-20(16)24-15-26)25-23(28)29-22(18-10-6-3-7-11-18)21(27)17-8-4-2-5-9-17/h2-14,22H,1H3,(H,25,28). The van der Waals surface area contributed by atoms with Crippen molar-refractivity contribution in [1.82, 2.24) is 0 Å². The molecule has 0 saturated carbocycles. The highest BCUT2D eigenvalue weighted by Gasteiger charge is 2.26. The number of ketones is 1. The van der Waals surface area contributed by atoms with Gasteiger partial charge in [0, 0.05) is 16.8 Å². The molecule has 0 aliphatic heterocycles. The number of carbonyl (C=O) groups is 2. The molecule has 0 aliphatic carbocycles. The van der Waals surface area contributed by atoms with E-state index in [0.29, 0.717) is 22.5 Å². The second-order valence-electron chi connectivity index (χ2n) is 6.26. The molecule has 1 atom stereocenters. The van der Waals surface area contributed by atoms with Crippen molar-refractivity contribution in [2.24, 2.45) is 4.99 Å². The van der Waals surface area contributed by atoms with Crippen molar-refractivity contribution >= 4 is 29.3 Å². The average Bonchev–Trinajstić information content (AvgIpc) is 2.75. The van der Waals surface area contributed by atoms with Crippen molar-refractivity contribution in [3.05, 3.63) is 95.6 Å². The molecule has 3 aromatic rings. The van der Waals surface area contributed by atoms with Crippen molar-refractivity contribution in [2.45, 2.75) is 13.0 Å². The molecule has 1 amide bonds. The highest BCUT2D eigenvalue weighted by Crippen LogP contribution is 2.25. The molecule has 0 aromatic heterocycles. The number of benzene rings is 3. The minimum atomic E-state index is -1.10. The Kier molecular flexibility index (Phi) is 6.30. The van der Waals surface area contributed by atoms with E-state index in [2.05, 4.69) is 10.3 Å². The Morgan fingerprint density at radius 2 is 1.62 bits per heavy atom. The highest BCUT2D eigenvalue weighted by atomic mass is 16.6. The number of aliphatic imine (C=N–C) groups is 1. The number of ether oxygens (including phenoxy) is 1. The Morgan fingerprint density at radius 1 is 0.966 bits per heavy atom. The van der Waals surface area contributed by atoms with Crippen LogP contribution in [0.15, 0.2) is 83.9 Å². The molecule has 0 radical (unpaired) electrons. The van der Waals surface area contributed by atoms with E-state index < -0.39 is 12.2 Å². The zero-order valence-electron chi connectivity index (χ0n) is 15.7. The lowest BCUT2D eigenvalue weighted by Crippen LogP contribution is -2.23. The van der Waals surface area contributed by atoms with Gasteiger partial charge in [0.2, 0.25) is 11.9 Å². The molecule has 0 bridgehead atoms. The summed E-state index contributed by atoms with van der Waals surface area (Å²) in [5.74, 6) is -0.331. The van der Waals surface area contributed by atoms with Crippen LogP contribution in [-0.2, 0) is 9.53 Å². The third-order valence-corrected chi connectivity index (χ3v) is 4.25. The maximum atomic E-state index is 13.0. The zero-order chi connectivity index (χ0) is 20.6. The van der Waals surface area contributed by atoms with E-state index in [1.807, 2.05) is 6.07 Å². The smallest absolute Gasteiger partial charge is 0.412 e. The van der Waals surface area contributed by atoms with Crippen LogP contribution in [0.3, 0.4) is 0 Å². The Hall–Kier alpha value is -4.02. The number of amides is 1. The molecule has 3 aromatic carbocycles. The Labute approximate surface area is 167 Å². The fourth-order valence-electron chi connectivity index (χ4n) is 2.77. The van der Waals surface area contributed by atoms with Crippen LogP contribution in [0.4, 0.5) is 16.2 Å². The normalized spacial score (nSPS) is 11.1. The van der Waals surface area contributed by atoms with Gasteiger partial charge in [-0.3, -0.25) is 10.1 Å². The molecule has 0 heterocycles. The summed E-state index contributed by atoms with van der Waals surface area (Å²) < 4.78 is 5.48. The summed E-state index contributed by atoms with van der Waals surface area (Å²) in [6.07, 6.45) is -0.420. The van der Waals surface area contributed by atoms with Crippen molar-refractivity contribution in [3.63, 3.8) is 0 Å². The quantitative estimate of drug-likeness (QED) is 0.361. The van der Waals surface area contributed by atoms with Crippen LogP contribution in [0, 0.1) is 6.92 Å². The molecule has 6 nitrogen and oxygen atoms in total. The molecule has 3 rings (SSSR count). The van der Waals surface area contributed by atoms with Gasteiger partial charge >= 0.3 is 6.09 Å². The first kappa shape index (κ1) is 19.7. The summed E-state index contributed by atoms with van der Waals surface area (Å²) in [6, 6.07) is 22.3. The van der Waals surface area contributed by atoms with E-state index in [1.165, 1.54) is 12.1 Å². The number of aryl methyl sites for hydroxylation is 1. The zero-order valence-corrected chi connectivity index (χ0v) is 15.7. The van der Waals surface area contributed by atoms with Gasteiger partial charge in [-0.1, -0.05) is 66.7 Å². The number of rotatable bonds is 6. The summed E-state index contributed by atoms with van der Waals surface area (Å²) in [7, 11) is 0. The molecule has 0 fully saturated rings. The average molecular weight is 386 g/mol. The van der Waals surface area contributed by atoms with Gasteiger partial charge in [0.1, 0.15) is 0 Å². The molecule has 0 aliphatic rings. The van der Waals surface area contributed by atoms with E-state index in [9.17, 15) is 14.4 Å². The predicted molar refractivity (Wildman–Crippen MR) is 109 cm³/mol. The number of hydrogen-bond donors (Lipinski definition) is 1. The molecular weight excluding hydrogens is 368 g/mol. The van der Waals surface area contributed by atoms with Crippen LogP contribution in [0.2, 0.25) is 0 Å². The first-order valence-electron chi connectivity index (χ1n) is 8.89. The van der Waals surface area contributed by atoms with E-state index in [0.717, 1.165) is 5.56 Å². The van der Waals surface area contributed by atoms with Gasteiger partial charge < -0.3 is 4.74 Å². The van der Waals surface area contributed by atoms with Gasteiger partial charge in [0.25, 0.3) is 0 Å². The van der Waals surface area contributed by atoms with Crippen molar-refractivity contribution in [1.29, 1.82) is 0 Å². The van der Waals surface area contributed by atoms with Crippen molar-refractivity contribution < 1.29 is 19.1 Å². The third kappa shape index (κ3) is 5.03. The molecule has 6 heteroatoms. The largest absolute Gasteiger partial charge is 0.433 e. The van der Waals surface area contributed by atoms with Gasteiger partial charge in [-0.2, -0.15) is 4.99 Å². The summed E-state index contributed by atoms with van der Waals surface area (Å²) >= 11 is 0. The second kappa shape index (κ2) is 9.26. The number of hydrogen-bond acceptors (Lipinski definition) is 5. The Balaban J connectivity index is 1.83.